The van der Waals surface area contributed by atoms with Gasteiger partial charge in [0.1, 0.15) is 5.52 Å². The largest absolute Gasteiger partial charge is 0.481 e. The number of carbonyl (C=O) groups is 1. The van der Waals surface area contributed by atoms with Gasteiger partial charge in [-0.25, -0.2) is 9.37 Å². The summed E-state index contributed by atoms with van der Waals surface area (Å²) in [5.41, 5.74) is 0.792. The van der Waals surface area contributed by atoms with Crippen LogP contribution in [0.4, 0.5) is 4.39 Å². The number of fused-ring (bicyclic) bond motifs is 1. The lowest BCUT2D eigenvalue weighted by atomic mass is 10.3. The van der Waals surface area contributed by atoms with Crippen LogP contribution in [0.3, 0.4) is 0 Å². The first-order valence-electron chi connectivity index (χ1n) is 6.21. The number of aromatic nitrogens is 2. The van der Waals surface area contributed by atoms with Gasteiger partial charge >= 0.3 is 5.97 Å². The summed E-state index contributed by atoms with van der Waals surface area (Å²) in [6.45, 7) is 1.86. The number of imidazole rings is 1. The second-order valence-corrected chi connectivity index (χ2v) is 7.07. The Morgan fingerprint density at radius 1 is 1.57 bits per heavy atom. The fraction of sp³-hybridized carbons (Fsp3) is 0.385. The molecule has 1 heterocycles. The highest BCUT2D eigenvalue weighted by Gasteiger charge is 2.19. The molecule has 0 aliphatic carbocycles. The molecule has 0 aliphatic heterocycles. The van der Waals surface area contributed by atoms with Gasteiger partial charge < -0.3 is 9.67 Å². The Morgan fingerprint density at radius 3 is 2.90 bits per heavy atom. The Morgan fingerprint density at radius 2 is 2.29 bits per heavy atom. The minimum atomic E-state index is -1.02. The van der Waals surface area contributed by atoms with Crippen LogP contribution in [-0.2, 0) is 15.6 Å². The van der Waals surface area contributed by atoms with Crippen LogP contribution < -0.4 is 0 Å². The maximum Gasteiger partial charge on any atom is 0.313 e. The van der Waals surface area contributed by atoms with Crippen molar-refractivity contribution in [2.75, 3.05) is 17.8 Å². The summed E-state index contributed by atoms with van der Waals surface area (Å²) < 4.78 is 27.0. The second kappa shape index (κ2) is 6.57. The van der Waals surface area contributed by atoms with Crippen LogP contribution in [0, 0.1) is 5.82 Å². The van der Waals surface area contributed by atoms with Crippen molar-refractivity contribution in [2.45, 2.75) is 18.1 Å². The summed E-state index contributed by atoms with van der Waals surface area (Å²) in [4.78, 5) is 14.9. The molecule has 1 aromatic heterocycles. The van der Waals surface area contributed by atoms with E-state index in [-0.39, 0.29) is 17.3 Å². The van der Waals surface area contributed by atoms with Gasteiger partial charge in [0, 0.05) is 28.9 Å². The van der Waals surface area contributed by atoms with E-state index >= 15 is 0 Å². The van der Waals surface area contributed by atoms with E-state index < -0.39 is 22.6 Å². The van der Waals surface area contributed by atoms with Crippen molar-refractivity contribution in [3.63, 3.8) is 0 Å². The minimum absolute atomic E-state index is 0.160. The molecule has 114 valence electrons. The first-order chi connectivity index (χ1) is 9.90. The molecule has 1 aromatic carbocycles. The lowest BCUT2D eigenvalue weighted by Crippen LogP contribution is -2.14. The third-order valence-corrected chi connectivity index (χ3v) is 4.77. The standard InChI is InChI=1S/C13H15FN2O3S2/c1-8(7-21(2)19)16-10-5-3-4-9(14)12(10)15-13(16)20-6-11(17)18/h3-5,8H,6-7H2,1-2H3,(H,17,18). The fourth-order valence-electron chi connectivity index (χ4n) is 2.13. The van der Waals surface area contributed by atoms with Gasteiger partial charge in [0.15, 0.2) is 11.0 Å². The van der Waals surface area contributed by atoms with E-state index in [1.807, 2.05) is 6.92 Å². The molecule has 0 fully saturated rings. The molecule has 21 heavy (non-hydrogen) atoms. The van der Waals surface area contributed by atoms with Crippen molar-refractivity contribution in [1.29, 1.82) is 0 Å². The van der Waals surface area contributed by atoms with Crippen molar-refractivity contribution in [3.8, 4) is 0 Å². The maximum atomic E-state index is 13.8. The van der Waals surface area contributed by atoms with Gasteiger partial charge in [-0.2, -0.15) is 0 Å². The maximum absolute atomic E-state index is 13.8. The minimum Gasteiger partial charge on any atom is -0.481 e. The quantitative estimate of drug-likeness (QED) is 0.823. The molecule has 8 heteroatoms. The number of carboxylic acid groups (broad SMARTS) is 1. The fourth-order valence-corrected chi connectivity index (χ4v) is 3.78. The van der Waals surface area contributed by atoms with Gasteiger partial charge in [-0.05, 0) is 19.1 Å². The van der Waals surface area contributed by atoms with Crippen molar-refractivity contribution in [3.05, 3.63) is 24.0 Å². The molecule has 2 rings (SSSR count). The normalized spacial score (nSPS) is 14.2. The van der Waals surface area contributed by atoms with Crippen LogP contribution in [0.15, 0.2) is 23.4 Å². The number of benzene rings is 1. The number of para-hydroxylation sites is 1. The summed E-state index contributed by atoms with van der Waals surface area (Å²) in [6.07, 6.45) is 1.60. The van der Waals surface area contributed by atoms with Gasteiger partial charge in [-0.15, -0.1) is 0 Å². The lowest BCUT2D eigenvalue weighted by molar-refractivity contribution is -0.133. The molecule has 0 spiro atoms. The molecule has 0 saturated carbocycles. The van der Waals surface area contributed by atoms with Gasteiger partial charge in [0.25, 0.3) is 0 Å². The average Bonchev–Trinajstić information content (AvgIpc) is 2.75. The van der Waals surface area contributed by atoms with Crippen LogP contribution in [0.25, 0.3) is 11.0 Å². The predicted molar refractivity (Wildman–Crippen MR) is 81.7 cm³/mol. The molecule has 0 amide bonds. The monoisotopic (exact) mass is 330 g/mol. The number of aliphatic carboxylic acids is 1. The van der Waals surface area contributed by atoms with Gasteiger partial charge in [0.05, 0.1) is 11.3 Å². The van der Waals surface area contributed by atoms with E-state index in [9.17, 15) is 13.4 Å². The van der Waals surface area contributed by atoms with E-state index in [1.165, 1.54) is 6.07 Å². The molecule has 0 radical (unpaired) electrons. The number of thioether (sulfide) groups is 1. The number of rotatable bonds is 6. The predicted octanol–water partition coefficient (Wildman–Crippen LogP) is 2.29. The summed E-state index contributed by atoms with van der Waals surface area (Å²) in [7, 11) is -1.02. The molecule has 2 unspecified atom stereocenters. The van der Waals surface area contributed by atoms with Crippen molar-refractivity contribution in [2.24, 2.45) is 0 Å². The number of halogens is 1. The Hall–Kier alpha value is -1.41. The first kappa shape index (κ1) is 16.0. The van der Waals surface area contributed by atoms with Crippen LogP contribution in [0.1, 0.15) is 13.0 Å². The average molecular weight is 330 g/mol. The SMILES string of the molecule is CC(CS(C)=O)n1c(SCC(=O)O)nc2c(F)cccc21. The van der Waals surface area contributed by atoms with Crippen LogP contribution in [-0.4, -0.2) is 42.6 Å². The molecule has 2 atom stereocenters. The van der Waals surface area contributed by atoms with E-state index in [1.54, 1.807) is 23.0 Å². The third kappa shape index (κ3) is 3.62. The smallest absolute Gasteiger partial charge is 0.313 e. The van der Waals surface area contributed by atoms with E-state index in [0.717, 1.165) is 11.8 Å². The molecular formula is C13H15FN2O3S2. The lowest BCUT2D eigenvalue weighted by Gasteiger charge is -2.15. The topological polar surface area (TPSA) is 72.2 Å². The van der Waals surface area contributed by atoms with Crippen LogP contribution in [0.5, 0.6) is 0 Å². The summed E-state index contributed by atoms with van der Waals surface area (Å²) >= 11 is 1.03. The van der Waals surface area contributed by atoms with E-state index in [0.29, 0.717) is 16.4 Å². The van der Waals surface area contributed by atoms with Gasteiger partial charge in [-0.1, -0.05) is 17.8 Å². The number of hydrogen-bond donors (Lipinski definition) is 1. The van der Waals surface area contributed by atoms with Crippen LogP contribution in [0.2, 0.25) is 0 Å². The number of carboxylic acids is 1. The highest BCUT2D eigenvalue weighted by Crippen LogP contribution is 2.29. The number of hydrogen-bond acceptors (Lipinski definition) is 4. The highest BCUT2D eigenvalue weighted by molar-refractivity contribution is 7.99. The van der Waals surface area contributed by atoms with Crippen molar-refractivity contribution < 1.29 is 18.5 Å². The Labute approximate surface area is 128 Å². The van der Waals surface area contributed by atoms with Crippen molar-refractivity contribution in [1.82, 2.24) is 9.55 Å². The third-order valence-electron chi connectivity index (χ3n) is 2.88. The van der Waals surface area contributed by atoms with Gasteiger partial charge in [-0.3, -0.25) is 9.00 Å². The summed E-state index contributed by atoms with van der Waals surface area (Å²) in [5, 5.41) is 9.22. The molecule has 2 aromatic rings. The Balaban J connectivity index is 2.51. The summed E-state index contributed by atoms with van der Waals surface area (Å²) in [5.74, 6) is -1.19. The zero-order valence-corrected chi connectivity index (χ0v) is 13.2. The first-order valence-corrected chi connectivity index (χ1v) is 8.92. The second-order valence-electron chi connectivity index (χ2n) is 4.64. The van der Waals surface area contributed by atoms with Gasteiger partial charge in [0.2, 0.25) is 0 Å². The molecule has 0 bridgehead atoms. The Kier molecular flexibility index (Phi) is 5.00. The molecule has 1 N–H and O–H groups in total. The highest BCUT2D eigenvalue weighted by atomic mass is 32.2. The van der Waals surface area contributed by atoms with Crippen molar-refractivity contribution >= 4 is 39.6 Å². The number of nitrogens with zero attached hydrogens (tertiary/aromatic N) is 2. The molecular weight excluding hydrogens is 315 g/mol. The van der Waals surface area contributed by atoms with E-state index in [2.05, 4.69) is 4.98 Å². The molecule has 0 saturated heterocycles. The molecule has 5 nitrogen and oxygen atoms in total. The van der Waals surface area contributed by atoms with Crippen LogP contribution >= 0.6 is 11.8 Å². The Bertz CT molecular complexity index is 702. The zero-order chi connectivity index (χ0) is 15.6. The summed E-state index contributed by atoms with van der Waals surface area (Å²) in [6, 6.07) is 4.45. The molecule has 0 aliphatic rings. The zero-order valence-electron chi connectivity index (χ0n) is 11.6. The van der Waals surface area contributed by atoms with E-state index in [4.69, 9.17) is 5.11 Å².